The molecule has 0 saturated heterocycles. The minimum atomic E-state index is 0.737. The fraction of sp³-hybridized carbons (Fsp3) is 0.0800. The zero-order chi connectivity index (χ0) is 19.3. The van der Waals surface area contributed by atoms with Gasteiger partial charge in [0.05, 0.1) is 16.7 Å². The first-order chi connectivity index (χ1) is 13.6. The molecule has 136 valence electrons. The molecule has 3 heteroatoms. The number of hydrogen-bond donors (Lipinski definition) is 0. The maximum absolute atomic E-state index is 6.10. The van der Waals surface area contributed by atoms with Gasteiger partial charge in [-0.3, -0.25) is 4.40 Å². The zero-order valence-corrected chi connectivity index (χ0v) is 16.5. The fourth-order valence-electron chi connectivity index (χ4n) is 3.76. The summed E-state index contributed by atoms with van der Waals surface area (Å²) in [5, 5.41) is 0.737. The van der Waals surface area contributed by atoms with Gasteiger partial charge in [0.1, 0.15) is 5.65 Å². The van der Waals surface area contributed by atoms with Gasteiger partial charge >= 0.3 is 0 Å². The van der Waals surface area contributed by atoms with Crippen LogP contribution in [0.5, 0.6) is 0 Å². The van der Waals surface area contributed by atoms with Gasteiger partial charge in [-0.2, -0.15) is 0 Å². The average Bonchev–Trinajstić information content (AvgIpc) is 3.07. The van der Waals surface area contributed by atoms with Crippen molar-refractivity contribution in [1.82, 2.24) is 9.38 Å². The first kappa shape index (κ1) is 17.0. The second-order valence-electron chi connectivity index (χ2n) is 7.20. The number of aromatic nitrogens is 2. The molecule has 3 aromatic carbocycles. The molecular formula is C25H19ClN2. The zero-order valence-electron chi connectivity index (χ0n) is 15.8. The third kappa shape index (κ3) is 2.69. The Morgan fingerprint density at radius 1 is 0.750 bits per heavy atom. The van der Waals surface area contributed by atoms with Gasteiger partial charge in [-0.1, -0.05) is 54.1 Å². The van der Waals surface area contributed by atoms with Crippen molar-refractivity contribution in [2.75, 3.05) is 0 Å². The lowest BCUT2D eigenvalue weighted by molar-refractivity contribution is 1.23. The third-order valence-electron chi connectivity index (χ3n) is 5.38. The second-order valence-corrected chi connectivity index (χ2v) is 7.64. The maximum Gasteiger partial charge on any atom is 0.146 e. The first-order valence-corrected chi connectivity index (χ1v) is 9.73. The molecule has 0 saturated carbocycles. The van der Waals surface area contributed by atoms with E-state index in [1.807, 2.05) is 18.2 Å². The van der Waals surface area contributed by atoms with Gasteiger partial charge in [-0.15, -0.1) is 0 Å². The van der Waals surface area contributed by atoms with Crippen molar-refractivity contribution < 1.29 is 0 Å². The van der Waals surface area contributed by atoms with E-state index in [2.05, 4.69) is 78.9 Å². The van der Waals surface area contributed by atoms with Gasteiger partial charge in [-0.05, 0) is 72.5 Å². The Bertz CT molecular complexity index is 1320. The van der Waals surface area contributed by atoms with E-state index in [0.717, 1.165) is 38.5 Å². The van der Waals surface area contributed by atoms with Crippen LogP contribution in [0.15, 0.2) is 78.9 Å². The third-order valence-corrected chi connectivity index (χ3v) is 5.64. The van der Waals surface area contributed by atoms with Crippen molar-refractivity contribution in [3.63, 3.8) is 0 Å². The Balaban J connectivity index is 1.91. The number of fused-ring (bicyclic) bond motifs is 3. The Hall–Kier alpha value is -3.10. The molecule has 2 aromatic heterocycles. The predicted octanol–water partition coefficient (Wildman–Crippen LogP) is 7.09. The predicted molar refractivity (Wildman–Crippen MR) is 118 cm³/mol. The monoisotopic (exact) mass is 382 g/mol. The van der Waals surface area contributed by atoms with Crippen molar-refractivity contribution in [2.24, 2.45) is 0 Å². The average molecular weight is 383 g/mol. The van der Waals surface area contributed by atoms with E-state index in [1.54, 1.807) is 0 Å². The molecule has 5 aromatic rings. The molecule has 0 unspecified atom stereocenters. The van der Waals surface area contributed by atoms with Crippen LogP contribution >= 0.6 is 11.6 Å². The molecule has 28 heavy (non-hydrogen) atoms. The number of aryl methyl sites for hydroxylation is 2. The highest BCUT2D eigenvalue weighted by molar-refractivity contribution is 6.30. The smallest absolute Gasteiger partial charge is 0.146 e. The van der Waals surface area contributed by atoms with Crippen LogP contribution in [-0.2, 0) is 0 Å². The summed E-state index contributed by atoms with van der Waals surface area (Å²) in [4.78, 5) is 5.03. The minimum Gasteiger partial charge on any atom is -0.292 e. The minimum absolute atomic E-state index is 0.737. The molecule has 2 nitrogen and oxygen atoms in total. The highest BCUT2D eigenvalue weighted by Crippen LogP contribution is 2.33. The van der Waals surface area contributed by atoms with Gasteiger partial charge in [0.15, 0.2) is 0 Å². The Labute approximate surface area is 169 Å². The van der Waals surface area contributed by atoms with Crippen LogP contribution < -0.4 is 0 Å². The standard InChI is InChI=1S/C25H19ClN2/c1-16-14-22-24(15-17(16)2)28-23(19-6-4-3-5-7-19)13-12-21(25(28)27-22)18-8-10-20(26)11-9-18/h3-15H,1-2H3. The number of hydrogen-bond acceptors (Lipinski definition) is 1. The molecule has 0 amide bonds. The second kappa shape index (κ2) is 6.50. The summed E-state index contributed by atoms with van der Waals surface area (Å²) in [6.07, 6.45) is 0. The van der Waals surface area contributed by atoms with Crippen LogP contribution in [0, 0.1) is 13.8 Å². The van der Waals surface area contributed by atoms with Crippen LogP contribution in [0.3, 0.4) is 0 Å². The fourth-order valence-corrected chi connectivity index (χ4v) is 3.88. The van der Waals surface area contributed by atoms with Crippen molar-refractivity contribution in [3.05, 3.63) is 95.0 Å². The Kier molecular flexibility index (Phi) is 3.96. The van der Waals surface area contributed by atoms with E-state index in [-0.39, 0.29) is 0 Å². The van der Waals surface area contributed by atoms with Crippen LogP contribution in [-0.4, -0.2) is 9.38 Å². The molecular weight excluding hydrogens is 364 g/mol. The number of imidazole rings is 1. The van der Waals surface area contributed by atoms with E-state index >= 15 is 0 Å². The van der Waals surface area contributed by atoms with E-state index < -0.39 is 0 Å². The van der Waals surface area contributed by atoms with Crippen LogP contribution in [0.1, 0.15) is 11.1 Å². The van der Waals surface area contributed by atoms with Crippen LogP contribution in [0.4, 0.5) is 0 Å². The van der Waals surface area contributed by atoms with Gasteiger partial charge in [0, 0.05) is 10.6 Å². The number of rotatable bonds is 2. The van der Waals surface area contributed by atoms with Crippen LogP contribution in [0.25, 0.3) is 39.1 Å². The Morgan fingerprint density at radius 2 is 1.46 bits per heavy atom. The van der Waals surface area contributed by atoms with Crippen molar-refractivity contribution in [3.8, 4) is 22.4 Å². The molecule has 2 heterocycles. The quantitative estimate of drug-likeness (QED) is 0.318. The number of nitrogens with zero attached hydrogens (tertiary/aromatic N) is 2. The first-order valence-electron chi connectivity index (χ1n) is 9.35. The number of halogens is 1. The van der Waals surface area contributed by atoms with Gasteiger partial charge < -0.3 is 0 Å². The highest BCUT2D eigenvalue weighted by atomic mass is 35.5. The molecule has 0 radical (unpaired) electrons. The molecule has 0 N–H and O–H groups in total. The largest absolute Gasteiger partial charge is 0.292 e. The lowest BCUT2D eigenvalue weighted by Gasteiger charge is -2.11. The van der Waals surface area contributed by atoms with Gasteiger partial charge in [0.2, 0.25) is 0 Å². The molecule has 0 atom stereocenters. The summed E-state index contributed by atoms with van der Waals surface area (Å²) in [7, 11) is 0. The molecule has 0 spiro atoms. The van der Waals surface area contributed by atoms with Crippen molar-refractivity contribution >= 4 is 28.3 Å². The van der Waals surface area contributed by atoms with Gasteiger partial charge in [0.25, 0.3) is 0 Å². The lowest BCUT2D eigenvalue weighted by Crippen LogP contribution is -1.95. The summed E-state index contributed by atoms with van der Waals surface area (Å²) in [6, 6.07) is 27.2. The topological polar surface area (TPSA) is 17.3 Å². The number of pyridine rings is 1. The molecule has 5 rings (SSSR count). The summed E-state index contributed by atoms with van der Waals surface area (Å²) >= 11 is 6.10. The molecule has 0 aliphatic heterocycles. The van der Waals surface area contributed by atoms with E-state index in [0.29, 0.717) is 0 Å². The summed E-state index contributed by atoms with van der Waals surface area (Å²) in [5.74, 6) is 0. The molecule has 0 fully saturated rings. The maximum atomic E-state index is 6.10. The van der Waals surface area contributed by atoms with E-state index in [4.69, 9.17) is 16.6 Å². The summed E-state index contributed by atoms with van der Waals surface area (Å²) in [6.45, 7) is 4.29. The summed E-state index contributed by atoms with van der Waals surface area (Å²) in [5.41, 5.74) is 10.2. The van der Waals surface area contributed by atoms with Crippen molar-refractivity contribution in [1.29, 1.82) is 0 Å². The van der Waals surface area contributed by atoms with E-state index in [1.165, 1.54) is 16.7 Å². The van der Waals surface area contributed by atoms with Crippen molar-refractivity contribution in [2.45, 2.75) is 13.8 Å². The SMILES string of the molecule is Cc1cc2nc3c(-c4ccc(Cl)cc4)ccc(-c4ccccc4)n3c2cc1C. The van der Waals surface area contributed by atoms with Gasteiger partial charge in [-0.25, -0.2) is 4.98 Å². The highest BCUT2D eigenvalue weighted by Gasteiger charge is 2.15. The Morgan fingerprint density at radius 3 is 2.21 bits per heavy atom. The molecule has 0 bridgehead atoms. The van der Waals surface area contributed by atoms with Crippen LogP contribution in [0.2, 0.25) is 5.02 Å². The lowest BCUT2D eigenvalue weighted by atomic mass is 10.0. The number of benzene rings is 3. The summed E-state index contributed by atoms with van der Waals surface area (Å²) < 4.78 is 2.28. The molecule has 0 aliphatic carbocycles. The molecule has 0 aliphatic rings. The van der Waals surface area contributed by atoms with E-state index in [9.17, 15) is 0 Å². The normalized spacial score (nSPS) is 11.4.